The molecule has 0 amide bonds. The third kappa shape index (κ3) is 2.20. The van der Waals surface area contributed by atoms with Gasteiger partial charge in [0.15, 0.2) is 0 Å². The standard InChI is InChI=1S/C11H12N2O3/c1-3-4-7-5-8(11(15)16-2)10(14)13-9(7)6-12/h3-6H,1,12H2,2H3,(H,13,14)/b7-4-,9-6+. The number of carbonyl (C=O) groups excluding carboxylic acids is 1. The summed E-state index contributed by atoms with van der Waals surface area (Å²) in [6.07, 6.45) is 4.38. The molecule has 0 fully saturated rings. The number of rotatable bonds is 2. The summed E-state index contributed by atoms with van der Waals surface area (Å²) >= 11 is 0. The Morgan fingerprint density at radius 1 is 1.69 bits per heavy atom. The van der Waals surface area contributed by atoms with Crippen molar-refractivity contribution in [3.63, 3.8) is 0 Å². The fraction of sp³-hybridized carbons (Fsp3) is 0.0909. The summed E-state index contributed by atoms with van der Waals surface area (Å²) in [5.74, 6) is -1.07. The number of nitrogens with two attached hydrogens (primary N) is 1. The van der Waals surface area contributed by atoms with Gasteiger partial charge in [0.25, 0.3) is 0 Å². The quantitative estimate of drug-likeness (QED) is 0.640. The average Bonchev–Trinajstić information content (AvgIpc) is 2.30. The van der Waals surface area contributed by atoms with E-state index in [1.54, 1.807) is 6.08 Å². The predicted molar refractivity (Wildman–Crippen MR) is 59.8 cm³/mol. The Bertz CT molecular complexity index is 535. The van der Waals surface area contributed by atoms with Crippen LogP contribution in [0, 0.1) is 0 Å². The molecule has 0 atom stereocenters. The molecule has 1 aromatic rings. The van der Waals surface area contributed by atoms with Crippen molar-refractivity contribution < 1.29 is 14.6 Å². The number of hydrogen-bond donors (Lipinski definition) is 2. The maximum absolute atomic E-state index is 11.3. The van der Waals surface area contributed by atoms with Gasteiger partial charge in [0.2, 0.25) is 5.88 Å². The van der Waals surface area contributed by atoms with E-state index in [-0.39, 0.29) is 5.56 Å². The van der Waals surface area contributed by atoms with Crippen LogP contribution in [0.15, 0.2) is 18.7 Å². The summed E-state index contributed by atoms with van der Waals surface area (Å²) in [5.41, 5.74) is 5.33. The van der Waals surface area contributed by atoms with Crippen LogP contribution < -0.4 is 16.3 Å². The van der Waals surface area contributed by atoms with Gasteiger partial charge >= 0.3 is 5.97 Å². The summed E-state index contributed by atoms with van der Waals surface area (Å²) in [7, 11) is 1.22. The highest BCUT2D eigenvalue weighted by Gasteiger charge is 2.12. The Balaban J connectivity index is 3.58. The lowest BCUT2D eigenvalue weighted by atomic mass is 10.2. The van der Waals surface area contributed by atoms with Crippen molar-refractivity contribution in [2.45, 2.75) is 0 Å². The zero-order valence-corrected chi connectivity index (χ0v) is 8.80. The summed E-state index contributed by atoms with van der Waals surface area (Å²) in [6, 6.07) is 1.44. The molecule has 0 aliphatic rings. The van der Waals surface area contributed by atoms with Gasteiger partial charge in [0.05, 0.1) is 12.5 Å². The lowest BCUT2D eigenvalue weighted by Crippen LogP contribution is -2.30. The summed E-state index contributed by atoms with van der Waals surface area (Å²) in [5, 5.41) is 10.4. The van der Waals surface area contributed by atoms with E-state index in [0.29, 0.717) is 10.6 Å². The lowest BCUT2D eigenvalue weighted by molar-refractivity contribution is 0.0596. The molecule has 0 spiro atoms. The molecule has 5 nitrogen and oxygen atoms in total. The lowest BCUT2D eigenvalue weighted by Gasteiger charge is -2.01. The van der Waals surface area contributed by atoms with Crippen LogP contribution in [0.4, 0.5) is 0 Å². The molecule has 1 aromatic heterocycles. The number of nitrogens with zero attached hydrogens (tertiary/aromatic N) is 1. The van der Waals surface area contributed by atoms with Crippen LogP contribution in [0.5, 0.6) is 5.88 Å². The Kier molecular flexibility index (Phi) is 3.66. The molecule has 0 radical (unpaired) electrons. The van der Waals surface area contributed by atoms with Gasteiger partial charge in [-0.2, -0.15) is 0 Å². The number of carbonyl (C=O) groups is 1. The second-order valence-corrected chi connectivity index (χ2v) is 2.89. The molecule has 84 valence electrons. The largest absolute Gasteiger partial charge is 0.493 e. The first-order chi connectivity index (χ1) is 7.63. The topological polar surface area (TPSA) is 85.4 Å². The maximum Gasteiger partial charge on any atom is 0.343 e. The number of pyridine rings is 1. The molecular formula is C11H12N2O3. The first kappa shape index (κ1) is 11.8. The highest BCUT2D eigenvalue weighted by Crippen LogP contribution is 2.09. The minimum Gasteiger partial charge on any atom is -0.493 e. The van der Waals surface area contributed by atoms with Gasteiger partial charge < -0.3 is 15.6 Å². The molecule has 5 heteroatoms. The van der Waals surface area contributed by atoms with Crippen LogP contribution in [-0.4, -0.2) is 23.2 Å². The van der Waals surface area contributed by atoms with Gasteiger partial charge in [-0.25, -0.2) is 9.78 Å². The SMILES string of the molecule is C=C/C=c1/cc(C(=O)OC)c(O)n/c1=C/N. The molecule has 0 bridgehead atoms. The molecule has 0 aromatic carbocycles. The van der Waals surface area contributed by atoms with Crippen LogP contribution >= 0.6 is 0 Å². The van der Waals surface area contributed by atoms with Crippen LogP contribution in [0.2, 0.25) is 0 Å². The van der Waals surface area contributed by atoms with Gasteiger partial charge in [-0.05, 0) is 6.07 Å². The van der Waals surface area contributed by atoms with Gasteiger partial charge in [-0.1, -0.05) is 18.7 Å². The van der Waals surface area contributed by atoms with Crippen molar-refractivity contribution in [1.82, 2.24) is 4.98 Å². The molecule has 3 N–H and O–H groups in total. The molecule has 1 heterocycles. The fourth-order valence-corrected chi connectivity index (χ4v) is 1.19. The van der Waals surface area contributed by atoms with E-state index in [1.165, 1.54) is 25.5 Å². The van der Waals surface area contributed by atoms with Crippen molar-refractivity contribution in [2.24, 2.45) is 5.73 Å². The van der Waals surface area contributed by atoms with Crippen LogP contribution in [-0.2, 0) is 4.74 Å². The van der Waals surface area contributed by atoms with Crippen molar-refractivity contribution in [1.29, 1.82) is 0 Å². The predicted octanol–water partition coefficient (Wildman–Crippen LogP) is -0.763. The molecule has 0 saturated heterocycles. The summed E-state index contributed by atoms with van der Waals surface area (Å²) < 4.78 is 4.50. The van der Waals surface area contributed by atoms with Gasteiger partial charge in [0.1, 0.15) is 5.56 Å². The van der Waals surface area contributed by atoms with E-state index in [2.05, 4.69) is 16.3 Å². The molecule has 1 rings (SSSR count). The number of methoxy groups -OCH3 is 1. The maximum atomic E-state index is 11.3. The van der Waals surface area contributed by atoms with E-state index in [1.807, 2.05) is 0 Å². The minimum atomic E-state index is -0.660. The van der Waals surface area contributed by atoms with Crippen LogP contribution in [0.1, 0.15) is 10.4 Å². The van der Waals surface area contributed by atoms with Crippen molar-refractivity contribution in [3.05, 3.63) is 34.9 Å². The Labute approximate surface area is 92.2 Å². The second-order valence-electron chi connectivity index (χ2n) is 2.89. The number of hydrogen-bond acceptors (Lipinski definition) is 5. The smallest absolute Gasteiger partial charge is 0.343 e. The highest BCUT2D eigenvalue weighted by atomic mass is 16.5. The number of ether oxygens (including phenoxy) is 1. The van der Waals surface area contributed by atoms with Crippen molar-refractivity contribution >= 4 is 18.2 Å². The van der Waals surface area contributed by atoms with Gasteiger partial charge in [0, 0.05) is 11.4 Å². The Morgan fingerprint density at radius 2 is 2.38 bits per heavy atom. The third-order valence-electron chi connectivity index (χ3n) is 1.92. The molecule has 0 saturated carbocycles. The van der Waals surface area contributed by atoms with E-state index in [4.69, 9.17) is 5.73 Å². The molecule has 0 unspecified atom stereocenters. The average molecular weight is 220 g/mol. The monoisotopic (exact) mass is 220 g/mol. The van der Waals surface area contributed by atoms with Crippen LogP contribution in [0.25, 0.3) is 12.3 Å². The van der Waals surface area contributed by atoms with Crippen molar-refractivity contribution in [2.75, 3.05) is 7.11 Å². The Hall–Kier alpha value is -2.30. The fourth-order valence-electron chi connectivity index (χ4n) is 1.19. The normalized spacial score (nSPS) is 12.6. The number of aromatic hydroxyl groups is 1. The van der Waals surface area contributed by atoms with E-state index >= 15 is 0 Å². The minimum absolute atomic E-state index is 0.0128. The first-order valence-corrected chi connectivity index (χ1v) is 4.47. The number of allylic oxidation sites excluding steroid dienone is 1. The van der Waals surface area contributed by atoms with Crippen LogP contribution in [0.3, 0.4) is 0 Å². The molecule has 0 aliphatic carbocycles. The van der Waals surface area contributed by atoms with E-state index < -0.39 is 11.8 Å². The second kappa shape index (κ2) is 4.97. The zero-order valence-electron chi connectivity index (χ0n) is 8.80. The first-order valence-electron chi connectivity index (χ1n) is 4.47. The van der Waals surface area contributed by atoms with Gasteiger partial charge in [-0.15, -0.1) is 0 Å². The Morgan fingerprint density at radius 3 is 2.88 bits per heavy atom. The molecular weight excluding hydrogens is 208 g/mol. The van der Waals surface area contributed by atoms with Gasteiger partial charge in [-0.3, -0.25) is 0 Å². The number of aromatic nitrogens is 1. The third-order valence-corrected chi connectivity index (χ3v) is 1.92. The molecule has 0 aliphatic heterocycles. The summed E-state index contributed by atoms with van der Waals surface area (Å²) in [6.45, 7) is 3.53. The zero-order chi connectivity index (χ0) is 12.1. The number of esters is 1. The van der Waals surface area contributed by atoms with E-state index in [0.717, 1.165) is 0 Å². The molecule has 16 heavy (non-hydrogen) atoms. The van der Waals surface area contributed by atoms with E-state index in [9.17, 15) is 9.90 Å². The van der Waals surface area contributed by atoms with Crippen molar-refractivity contribution in [3.8, 4) is 5.88 Å². The summed E-state index contributed by atoms with van der Waals surface area (Å²) in [4.78, 5) is 15.1. The highest BCUT2D eigenvalue weighted by molar-refractivity contribution is 5.91.